The monoisotopic (exact) mass is 524 g/mol. The molecular formula is C28H27F3N4O3. The van der Waals surface area contributed by atoms with Gasteiger partial charge in [-0.3, -0.25) is 4.79 Å². The lowest BCUT2D eigenvalue weighted by Gasteiger charge is -2.22. The summed E-state index contributed by atoms with van der Waals surface area (Å²) in [6, 6.07) is 10.9. The van der Waals surface area contributed by atoms with Gasteiger partial charge in [0.25, 0.3) is 5.56 Å². The zero-order chi connectivity index (χ0) is 27.0. The van der Waals surface area contributed by atoms with Crippen LogP contribution in [0.5, 0.6) is 0 Å². The molecule has 2 aromatic heterocycles. The number of hydrogen-bond donors (Lipinski definition) is 1. The lowest BCUT2D eigenvalue weighted by atomic mass is 10.0. The highest BCUT2D eigenvalue weighted by molar-refractivity contribution is 5.70. The van der Waals surface area contributed by atoms with Crippen LogP contribution < -0.4 is 10.5 Å². The molecule has 1 saturated heterocycles. The molecule has 1 unspecified atom stereocenters. The van der Waals surface area contributed by atoms with Crippen LogP contribution in [-0.2, 0) is 12.6 Å². The van der Waals surface area contributed by atoms with Crippen LogP contribution in [0.2, 0.25) is 0 Å². The van der Waals surface area contributed by atoms with Crippen molar-refractivity contribution in [2.24, 2.45) is 0 Å². The topological polar surface area (TPSA) is 84.4 Å². The van der Waals surface area contributed by atoms with E-state index >= 15 is 0 Å². The highest BCUT2D eigenvalue weighted by Gasteiger charge is 2.35. The Hall–Kier alpha value is -3.92. The summed E-state index contributed by atoms with van der Waals surface area (Å²) in [5, 5.41) is 14.4. The van der Waals surface area contributed by atoms with Gasteiger partial charge >= 0.3 is 6.18 Å². The number of aliphatic hydroxyl groups excluding tert-OH is 1. The van der Waals surface area contributed by atoms with Gasteiger partial charge in [0.05, 0.1) is 29.2 Å². The van der Waals surface area contributed by atoms with Crippen LogP contribution in [0.3, 0.4) is 0 Å². The number of aliphatic hydroxyl groups is 1. The zero-order valence-corrected chi connectivity index (χ0v) is 21.0. The van der Waals surface area contributed by atoms with Crippen LogP contribution in [0, 0.1) is 6.92 Å². The minimum Gasteiger partial charge on any atom is -0.444 e. The van der Waals surface area contributed by atoms with Crippen molar-refractivity contribution >= 4 is 5.69 Å². The van der Waals surface area contributed by atoms with Crippen LogP contribution in [0.4, 0.5) is 18.9 Å². The van der Waals surface area contributed by atoms with Gasteiger partial charge in [0.15, 0.2) is 12.2 Å². The van der Waals surface area contributed by atoms with Crippen LogP contribution >= 0.6 is 0 Å². The first kappa shape index (κ1) is 25.7. The van der Waals surface area contributed by atoms with E-state index in [1.54, 1.807) is 17.2 Å². The average Bonchev–Trinajstić information content (AvgIpc) is 3.56. The summed E-state index contributed by atoms with van der Waals surface area (Å²) in [6.45, 7) is 4.60. The summed E-state index contributed by atoms with van der Waals surface area (Å²) < 4.78 is 48.8. The second kappa shape index (κ2) is 10.1. The Morgan fingerprint density at radius 2 is 1.92 bits per heavy atom. The Kier molecular flexibility index (Phi) is 6.83. The molecule has 0 radical (unpaired) electrons. The van der Waals surface area contributed by atoms with E-state index in [2.05, 4.69) is 10.1 Å². The maximum atomic E-state index is 14.2. The fourth-order valence-electron chi connectivity index (χ4n) is 4.84. The predicted octanol–water partition coefficient (Wildman–Crippen LogP) is 5.41. The number of halogens is 3. The summed E-state index contributed by atoms with van der Waals surface area (Å²) in [7, 11) is 0. The first-order valence-corrected chi connectivity index (χ1v) is 12.4. The van der Waals surface area contributed by atoms with Crippen LogP contribution in [-0.4, -0.2) is 39.1 Å². The number of anilines is 1. The van der Waals surface area contributed by atoms with Crippen molar-refractivity contribution in [3.63, 3.8) is 0 Å². The molecule has 7 nitrogen and oxygen atoms in total. The third-order valence-electron chi connectivity index (χ3n) is 6.64. The molecule has 10 heteroatoms. The van der Waals surface area contributed by atoms with E-state index in [1.807, 2.05) is 32.0 Å². The van der Waals surface area contributed by atoms with E-state index in [4.69, 9.17) is 4.42 Å². The number of alkyl halides is 3. The number of benzene rings is 2. The lowest BCUT2D eigenvalue weighted by Crippen LogP contribution is -2.28. The number of aromatic nitrogens is 3. The van der Waals surface area contributed by atoms with Crippen molar-refractivity contribution in [2.75, 3.05) is 18.0 Å². The van der Waals surface area contributed by atoms with Gasteiger partial charge in [0.1, 0.15) is 0 Å². The smallest absolute Gasteiger partial charge is 0.418 e. The molecule has 3 heterocycles. The Morgan fingerprint density at radius 3 is 2.58 bits per heavy atom. The van der Waals surface area contributed by atoms with Gasteiger partial charge in [0, 0.05) is 35.5 Å². The Bertz CT molecular complexity index is 1510. The fourth-order valence-corrected chi connectivity index (χ4v) is 4.84. The third-order valence-corrected chi connectivity index (χ3v) is 6.64. The molecule has 1 aliphatic heterocycles. The average molecular weight is 525 g/mol. The highest BCUT2D eigenvalue weighted by Crippen LogP contribution is 2.36. The van der Waals surface area contributed by atoms with Crippen molar-refractivity contribution in [1.82, 2.24) is 14.8 Å². The van der Waals surface area contributed by atoms with Gasteiger partial charge in [-0.05, 0) is 67.8 Å². The number of nitrogens with zero attached hydrogens (tertiary/aromatic N) is 4. The zero-order valence-electron chi connectivity index (χ0n) is 21.0. The van der Waals surface area contributed by atoms with Crippen LogP contribution in [0.25, 0.3) is 28.3 Å². The molecule has 0 saturated carbocycles. The van der Waals surface area contributed by atoms with Crippen LogP contribution in [0.15, 0.2) is 64.3 Å². The van der Waals surface area contributed by atoms with E-state index < -0.39 is 23.4 Å². The van der Waals surface area contributed by atoms with Crippen molar-refractivity contribution in [3.8, 4) is 28.3 Å². The van der Waals surface area contributed by atoms with E-state index in [0.29, 0.717) is 60.6 Å². The highest BCUT2D eigenvalue weighted by atomic mass is 19.4. The third kappa shape index (κ3) is 5.08. The normalized spacial score (nSPS) is 15.8. The second-order valence-corrected chi connectivity index (χ2v) is 9.56. The maximum Gasteiger partial charge on any atom is 0.418 e. The van der Waals surface area contributed by atoms with Crippen molar-refractivity contribution < 1.29 is 22.7 Å². The van der Waals surface area contributed by atoms with Crippen molar-refractivity contribution in [3.05, 3.63) is 82.1 Å². The summed E-state index contributed by atoms with van der Waals surface area (Å²) in [4.78, 5) is 19.2. The molecule has 0 aliphatic carbocycles. The van der Waals surface area contributed by atoms with Crippen LogP contribution in [0.1, 0.15) is 36.5 Å². The Balaban J connectivity index is 1.72. The van der Waals surface area contributed by atoms with Gasteiger partial charge < -0.3 is 14.4 Å². The molecule has 5 rings (SSSR count). The number of oxazole rings is 1. The molecule has 4 aromatic rings. The SMILES string of the molecule is CCCc1cc(-c2cc(C)cc(-c3cnco3)c2)nn(-c2cc(N3CCC(O)C3)ccc2C(F)(F)F)c1=O. The van der Waals surface area contributed by atoms with Gasteiger partial charge in [-0.25, -0.2) is 4.98 Å². The molecular weight excluding hydrogens is 497 g/mol. The molecule has 1 N–H and O–H groups in total. The van der Waals surface area contributed by atoms with Gasteiger partial charge in [-0.2, -0.15) is 23.0 Å². The summed E-state index contributed by atoms with van der Waals surface area (Å²) >= 11 is 0. The molecule has 1 aliphatic rings. The lowest BCUT2D eigenvalue weighted by molar-refractivity contribution is -0.137. The van der Waals surface area contributed by atoms with Gasteiger partial charge in [-0.1, -0.05) is 13.3 Å². The van der Waals surface area contributed by atoms with E-state index in [0.717, 1.165) is 21.9 Å². The molecule has 0 amide bonds. The van der Waals surface area contributed by atoms with E-state index in [-0.39, 0.29) is 5.69 Å². The van der Waals surface area contributed by atoms with E-state index in [1.165, 1.54) is 18.5 Å². The van der Waals surface area contributed by atoms with Gasteiger partial charge in [-0.15, -0.1) is 0 Å². The summed E-state index contributed by atoms with van der Waals surface area (Å²) in [5.41, 5.74) is 1.59. The second-order valence-electron chi connectivity index (χ2n) is 9.56. The molecule has 1 fully saturated rings. The maximum absolute atomic E-state index is 14.2. The van der Waals surface area contributed by atoms with Crippen molar-refractivity contribution in [2.45, 2.75) is 45.4 Å². The van der Waals surface area contributed by atoms with Crippen molar-refractivity contribution in [1.29, 1.82) is 0 Å². The molecule has 198 valence electrons. The minimum absolute atomic E-state index is 0.308. The minimum atomic E-state index is -4.71. The largest absolute Gasteiger partial charge is 0.444 e. The Morgan fingerprint density at radius 1 is 1.13 bits per heavy atom. The summed E-state index contributed by atoms with van der Waals surface area (Å²) in [5.74, 6) is 0.539. The molecule has 1 atom stereocenters. The van der Waals surface area contributed by atoms with E-state index in [9.17, 15) is 23.1 Å². The first-order valence-electron chi connectivity index (χ1n) is 12.4. The Labute approximate surface area is 217 Å². The first-order chi connectivity index (χ1) is 18.1. The molecule has 2 aromatic carbocycles. The molecule has 0 bridgehead atoms. The van der Waals surface area contributed by atoms with Gasteiger partial charge in [0.2, 0.25) is 0 Å². The number of aryl methyl sites for hydroxylation is 2. The fraction of sp³-hybridized carbons (Fsp3) is 0.321. The number of hydrogen-bond acceptors (Lipinski definition) is 6. The summed E-state index contributed by atoms with van der Waals surface area (Å²) in [6.07, 6.45) is -0.830. The quantitative estimate of drug-likeness (QED) is 0.363. The predicted molar refractivity (Wildman–Crippen MR) is 137 cm³/mol. The number of rotatable bonds is 6. The molecule has 38 heavy (non-hydrogen) atoms. The number of β-amino-alcohol motifs (C(OH)–C–C–N with tert-alkyl or cyclic N) is 1. The standard InChI is InChI=1S/C28H27F3N4O3/c1-3-4-18-12-24(19-9-17(2)10-20(11-19)26-14-32-16-38-26)33-35(27(18)37)25-13-21(34-8-7-22(36)15-34)5-6-23(25)28(29,30)31/h5-6,9-14,16,22,36H,3-4,7-8,15H2,1-2H3. The molecule has 0 spiro atoms.